The first-order valence-corrected chi connectivity index (χ1v) is 9.30. The third-order valence-electron chi connectivity index (χ3n) is 4.07. The first kappa shape index (κ1) is 17.3. The number of aryl methyl sites for hydroxylation is 1. The molecule has 0 saturated heterocycles. The molecule has 0 saturated carbocycles. The fourth-order valence-corrected chi connectivity index (χ4v) is 3.59. The van der Waals surface area contributed by atoms with Gasteiger partial charge in [-0.25, -0.2) is 4.98 Å². The van der Waals surface area contributed by atoms with Gasteiger partial charge in [0.2, 0.25) is 5.91 Å². The summed E-state index contributed by atoms with van der Waals surface area (Å²) < 4.78 is 7.19. The average molecular weight is 379 g/mol. The van der Waals surface area contributed by atoms with Crippen molar-refractivity contribution in [2.24, 2.45) is 0 Å². The number of benzene rings is 2. The molecule has 7 nitrogen and oxygen atoms in total. The van der Waals surface area contributed by atoms with Crippen LogP contribution in [0.3, 0.4) is 0 Å². The van der Waals surface area contributed by atoms with Crippen molar-refractivity contribution in [1.29, 1.82) is 0 Å². The number of methoxy groups -OCH3 is 1. The lowest BCUT2D eigenvalue weighted by molar-refractivity contribution is -0.113. The molecule has 0 aliphatic heterocycles. The number of rotatable bonds is 5. The number of carbonyl (C=O) groups excluding carboxylic acids is 1. The zero-order valence-corrected chi connectivity index (χ0v) is 15.7. The van der Waals surface area contributed by atoms with Crippen molar-refractivity contribution < 1.29 is 9.53 Å². The summed E-state index contributed by atoms with van der Waals surface area (Å²) in [6, 6.07) is 13.4. The normalized spacial score (nSPS) is 11.0. The number of hydrogen-bond donors (Lipinski definition) is 1. The molecule has 27 heavy (non-hydrogen) atoms. The van der Waals surface area contributed by atoms with Gasteiger partial charge in [0.15, 0.2) is 5.65 Å². The molecule has 1 amide bonds. The SMILES string of the molecule is COc1ccc(C)cc1NC(=O)CSc1nc2ccccc2n2cnnc12. The predicted octanol–water partition coefficient (Wildman–Crippen LogP) is 3.33. The van der Waals surface area contributed by atoms with E-state index in [0.29, 0.717) is 22.1 Å². The number of carbonyl (C=O) groups is 1. The van der Waals surface area contributed by atoms with Crippen molar-refractivity contribution in [2.75, 3.05) is 18.2 Å². The van der Waals surface area contributed by atoms with Gasteiger partial charge in [0.25, 0.3) is 0 Å². The zero-order chi connectivity index (χ0) is 18.8. The van der Waals surface area contributed by atoms with Crippen LogP contribution < -0.4 is 10.1 Å². The monoisotopic (exact) mass is 379 g/mol. The fraction of sp³-hybridized carbons (Fsp3) is 0.158. The maximum atomic E-state index is 12.4. The fourth-order valence-electron chi connectivity index (χ4n) is 2.82. The molecule has 0 fully saturated rings. The van der Waals surface area contributed by atoms with Crippen LogP contribution >= 0.6 is 11.8 Å². The standard InChI is InChI=1S/C19H17N5O2S/c1-12-7-8-16(26-2)14(9-12)21-17(25)10-27-19-18-23-20-11-24(18)15-6-4-3-5-13(15)22-19/h3-9,11H,10H2,1-2H3,(H,21,25). The maximum absolute atomic E-state index is 12.4. The van der Waals surface area contributed by atoms with Gasteiger partial charge < -0.3 is 10.1 Å². The minimum atomic E-state index is -0.142. The molecule has 8 heteroatoms. The Hall–Kier alpha value is -3.13. The van der Waals surface area contributed by atoms with Crippen LogP contribution in [0.1, 0.15) is 5.56 Å². The van der Waals surface area contributed by atoms with Gasteiger partial charge >= 0.3 is 0 Å². The summed E-state index contributed by atoms with van der Waals surface area (Å²) in [7, 11) is 1.58. The Balaban J connectivity index is 1.55. The second-order valence-corrected chi connectivity index (χ2v) is 6.93. The van der Waals surface area contributed by atoms with Crippen LogP contribution in [0.5, 0.6) is 5.75 Å². The molecular formula is C19H17N5O2S. The Morgan fingerprint density at radius 2 is 2.11 bits per heavy atom. The second-order valence-electron chi connectivity index (χ2n) is 5.97. The lowest BCUT2D eigenvalue weighted by Gasteiger charge is -2.11. The highest BCUT2D eigenvalue weighted by molar-refractivity contribution is 8.00. The maximum Gasteiger partial charge on any atom is 0.234 e. The summed E-state index contributed by atoms with van der Waals surface area (Å²) in [4.78, 5) is 17.1. The van der Waals surface area contributed by atoms with Gasteiger partial charge in [0.1, 0.15) is 17.1 Å². The molecule has 0 atom stereocenters. The highest BCUT2D eigenvalue weighted by Gasteiger charge is 2.14. The molecule has 0 spiro atoms. The second kappa shape index (κ2) is 7.24. The molecule has 0 aliphatic carbocycles. The van der Waals surface area contributed by atoms with Crippen LogP contribution in [-0.4, -0.2) is 38.4 Å². The highest BCUT2D eigenvalue weighted by Crippen LogP contribution is 2.27. The number of aromatic nitrogens is 4. The molecule has 136 valence electrons. The first-order chi connectivity index (χ1) is 13.2. The molecule has 0 unspecified atom stereocenters. The van der Waals surface area contributed by atoms with Crippen LogP contribution in [0.25, 0.3) is 16.7 Å². The summed E-state index contributed by atoms with van der Waals surface area (Å²) in [5, 5.41) is 11.7. The van der Waals surface area contributed by atoms with Crippen LogP contribution in [-0.2, 0) is 4.79 Å². The Morgan fingerprint density at radius 1 is 1.26 bits per heavy atom. The van der Waals surface area contributed by atoms with Gasteiger partial charge in [-0.1, -0.05) is 30.0 Å². The zero-order valence-electron chi connectivity index (χ0n) is 14.8. The number of thioether (sulfide) groups is 1. The van der Waals surface area contributed by atoms with Gasteiger partial charge in [-0.3, -0.25) is 9.20 Å². The molecule has 0 aliphatic rings. The summed E-state index contributed by atoms with van der Waals surface area (Å²) >= 11 is 1.33. The first-order valence-electron chi connectivity index (χ1n) is 8.31. The number of hydrogen-bond acceptors (Lipinski definition) is 6. The molecule has 2 aromatic heterocycles. The molecule has 1 N–H and O–H groups in total. The third-order valence-corrected chi connectivity index (χ3v) is 5.03. The molecule has 0 radical (unpaired) electrons. The van der Waals surface area contributed by atoms with Gasteiger partial charge in [-0.15, -0.1) is 10.2 Å². The smallest absolute Gasteiger partial charge is 0.234 e. The number of ether oxygens (including phenoxy) is 1. The number of nitrogens with zero attached hydrogens (tertiary/aromatic N) is 4. The van der Waals surface area contributed by atoms with Crippen LogP contribution in [0, 0.1) is 6.92 Å². The predicted molar refractivity (Wildman–Crippen MR) is 105 cm³/mol. The Morgan fingerprint density at radius 3 is 2.96 bits per heavy atom. The van der Waals surface area contributed by atoms with E-state index in [1.165, 1.54) is 11.8 Å². The van der Waals surface area contributed by atoms with E-state index in [4.69, 9.17) is 4.74 Å². The average Bonchev–Trinajstić information content (AvgIpc) is 3.17. The van der Waals surface area contributed by atoms with Crippen molar-refractivity contribution in [1.82, 2.24) is 19.6 Å². The topological polar surface area (TPSA) is 81.4 Å². The van der Waals surface area contributed by atoms with Crippen molar-refractivity contribution in [3.63, 3.8) is 0 Å². The Labute approximate surface area is 159 Å². The molecule has 2 aromatic carbocycles. The number of fused-ring (bicyclic) bond motifs is 3. The van der Waals surface area contributed by atoms with E-state index in [2.05, 4.69) is 20.5 Å². The minimum absolute atomic E-state index is 0.142. The van der Waals surface area contributed by atoms with E-state index in [1.807, 2.05) is 53.8 Å². The quantitative estimate of drug-likeness (QED) is 0.536. The summed E-state index contributed by atoms with van der Waals surface area (Å²) in [5.74, 6) is 0.685. The van der Waals surface area contributed by atoms with Gasteiger partial charge in [-0.2, -0.15) is 0 Å². The van der Waals surface area contributed by atoms with E-state index >= 15 is 0 Å². The van der Waals surface area contributed by atoms with Gasteiger partial charge in [0, 0.05) is 0 Å². The van der Waals surface area contributed by atoms with Crippen LogP contribution in [0.15, 0.2) is 53.8 Å². The van der Waals surface area contributed by atoms with E-state index in [0.717, 1.165) is 16.6 Å². The van der Waals surface area contributed by atoms with Crippen molar-refractivity contribution in [2.45, 2.75) is 11.9 Å². The van der Waals surface area contributed by atoms with E-state index in [-0.39, 0.29) is 11.7 Å². The van der Waals surface area contributed by atoms with Gasteiger partial charge in [0.05, 0.1) is 29.6 Å². The molecule has 2 heterocycles. The van der Waals surface area contributed by atoms with Crippen molar-refractivity contribution >= 4 is 40.0 Å². The third kappa shape index (κ3) is 3.43. The van der Waals surface area contributed by atoms with Crippen LogP contribution in [0.2, 0.25) is 0 Å². The summed E-state index contributed by atoms with van der Waals surface area (Å²) in [6.45, 7) is 1.96. The van der Waals surface area contributed by atoms with Crippen LogP contribution in [0.4, 0.5) is 5.69 Å². The van der Waals surface area contributed by atoms with Crippen molar-refractivity contribution in [3.05, 3.63) is 54.4 Å². The number of anilines is 1. The van der Waals surface area contributed by atoms with E-state index < -0.39 is 0 Å². The summed E-state index contributed by atoms with van der Waals surface area (Å²) in [6.07, 6.45) is 1.65. The Kier molecular flexibility index (Phi) is 4.64. The molecule has 4 rings (SSSR count). The molecule has 0 bridgehead atoms. The highest BCUT2D eigenvalue weighted by atomic mass is 32.2. The van der Waals surface area contributed by atoms with Crippen molar-refractivity contribution in [3.8, 4) is 5.75 Å². The van der Waals surface area contributed by atoms with E-state index in [1.54, 1.807) is 13.4 Å². The lowest BCUT2D eigenvalue weighted by Crippen LogP contribution is -2.15. The molecular weight excluding hydrogens is 362 g/mol. The number of nitrogens with one attached hydrogen (secondary N) is 1. The van der Waals surface area contributed by atoms with E-state index in [9.17, 15) is 4.79 Å². The van der Waals surface area contributed by atoms with Gasteiger partial charge in [-0.05, 0) is 36.8 Å². The summed E-state index contributed by atoms with van der Waals surface area (Å²) in [5.41, 5.74) is 4.09. The largest absolute Gasteiger partial charge is 0.495 e. The minimum Gasteiger partial charge on any atom is -0.495 e. The lowest BCUT2D eigenvalue weighted by atomic mass is 10.2. The Bertz CT molecular complexity index is 1140. The number of para-hydroxylation sites is 2. The number of amides is 1. The molecule has 4 aromatic rings.